The molecule has 0 aliphatic carbocycles. The van der Waals surface area contributed by atoms with Crippen molar-refractivity contribution >= 4 is 11.8 Å². The van der Waals surface area contributed by atoms with E-state index in [1.54, 1.807) is 48.5 Å². The summed E-state index contributed by atoms with van der Waals surface area (Å²) in [5.74, 6) is -1.26. The monoisotopic (exact) mass is 376 g/mol. The van der Waals surface area contributed by atoms with Gasteiger partial charge < -0.3 is 48.4 Å². The average molecular weight is 376 g/mol. The second kappa shape index (κ2) is 25.4. The Hall–Kier alpha value is -0.820. The zero-order valence-electron chi connectivity index (χ0n) is 14.1. The Morgan fingerprint density at radius 3 is 0.840 bits per heavy atom. The molecule has 0 fully saturated rings. The molecule has 2 aromatic carbocycles. The second-order valence-corrected chi connectivity index (χ2v) is 3.39. The van der Waals surface area contributed by atoms with E-state index in [1.165, 1.54) is 0 Å². The molecule has 2 rings (SSSR count). The summed E-state index contributed by atoms with van der Waals surface area (Å²) in [6.07, 6.45) is 0. The van der Waals surface area contributed by atoms with Gasteiger partial charge in [0, 0.05) is 0 Å². The molecular weight excluding hydrogens is 354 g/mol. The number of hydrogen-bond donors (Lipinski definition) is 2. The van der Waals surface area contributed by atoms with Crippen LogP contribution in [0.15, 0.2) is 60.7 Å². The van der Waals surface area contributed by atoms with Crippen LogP contribution < -0.4 is 69.3 Å². The summed E-state index contributed by atoms with van der Waals surface area (Å²) in [6.45, 7) is 0. The second-order valence-electron chi connectivity index (χ2n) is 3.39. The first kappa shape index (κ1) is 44.0. The van der Waals surface area contributed by atoms with E-state index in [1.807, 2.05) is 12.1 Å². The smallest absolute Gasteiger partial charge is 0.859 e. The fourth-order valence-electron chi connectivity index (χ4n) is 1.18. The van der Waals surface area contributed by atoms with Crippen LogP contribution >= 0.6 is 0 Å². The molecule has 9 nitrogen and oxygen atoms in total. The Kier molecular flexibility index (Phi) is 44.8. The average Bonchev–Trinajstić information content (AvgIpc) is 2.41. The van der Waals surface area contributed by atoms with Crippen molar-refractivity contribution in [2.24, 2.45) is 0 Å². The largest absolute Gasteiger partial charge is 1.00 e. The number of benzene rings is 2. The molecule has 0 saturated carbocycles. The molecule has 12 N–H and O–H groups in total. The van der Waals surface area contributed by atoms with E-state index < -0.39 is 11.8 Å². The summed E-state index contributed by atoms with van der Waals surface area (Å²) in [5.41, 5.74) is 0.884. The van der Waals surface area contributed by atoms with Gasteiger partial charge in [0.1, 0.15) is 0 Å². The third-order valence-electron chi connectivity index (χ3n) is 2.07. The topological polar surface area (TPSA) is 251 Å². The predicted octanol–water partition coefficient (Wildman–Crippen LogP) is -9.37. The van der Waals surface area contributed by atoms with Crippen molar-refractivity contribution in [2.75, 3.05) is 0 Å². The summed E-state index contributed by atoms with van der Waals surface area (Å²) in [4.78, 5) is 0. The third-order valence-corrected chi connectivity index (χ3v) is 2.07. The van der Waals surface area contributed by atoms with Gasteiger partial charge >= 0.3 is 59.1 Å². The molecule has 0 atom stereocenters. The van der Waals surface area contributed by atoms with Crippen LogP contribution in [0.25, 0.3) is 0 Å². The molecule has 0 spiro atoms. The van der Waals surface area contributed by atoms with Crippen molar-refractivity contribution in [3.8, 4) is 0 Å². The fraction of sp³-hybridized carbons (Fsp3) is 0. The van der Waals surface area contributed by atoms with Crippen molar-refractivity contribution in [1.29, 1.82) is 10.8 Å². The van der Waals surface area contributed by atoms with E-state index in [0.717, 1.165) is 0 Å². The molecule has 0 radical (unpaired) electrons. The van der Waals surface area contributed by atoms with Crippen molar-refractivity contribution in [3.63, 3.8) is 0 Å². The van der Waals surface area contributed by atoms with Gasteiger partial charge in [-0.15, -0.1) is 0 Å². The zero-order valence-corrected chi connectivity index (χ0v) is 18.1. The molecule has 2 aromatic rings. The van der Waals surface area contributed by atoms with Gasteiger partial charge in [0.2, 0.25) is 0 Å². The van der Waals surface area contributed by atoms with E-state index in [0.29, 0.717) is 11.1 Å². The predicted molar refractivity (Wildman–Crippen MR) is 84.6 cm³/mol. The molecule has 25 heavy (non-hydrogen) atoms. The Morgan fingerprint density at radius 2 is 0.720 bits per heavy atom. The molecule has 0 heterocycles. The number of hydrogen-bond acceptors (Lipinski definition) is 4. The molecule has 0 saturated heterocycles. The summed E-state index contributed by atoms with van der Waals surface area (Å²) in [7, 11) is 0. The summed E-state index contributed by atoms with van der Waals surface area (Å²) in [5, 5.41) is 34.0. The van der Waals surface area contributed by atoms with Crippen molar-refractivity contribution in [2.45, 2.75) is 0 Å². The van der Waals surface area contributed by atoms with Crippen LogP contribution in [0.5, 0.6) is 0 Å². The standard InChI is InChI=1S/2C7H7NO.2Na.5H2O/c2*8-7(9)6-4-2-1-3-5-6;;;;;;;/h2*1-5H,(H2,8,9);;;5*1H2/q;;2*+1;;;;;/p-2. The molecule has 0 unspecified atom stereocenters. The maximum atomic E-state index is 10.3. The molecule has 11 heteroatoms. The Balaban J connectivity index is -0.0000000405. The Morgan fingerprint density at radius 1 is 0.520 bits per heavy atom. The molecule has 0 aliphatic rings. The molecule has 0 bridgehead atoms. The Labute approximate surface area is 189 Å². The van der Waals surface area contributed by atoms with Crippen LogP contribution in [-0.2, 0) is 0 Å². The van der Waals surface area contributed by atoms with Gasteiger partial charge in [0.05, 0.1) is 0 Å². The van der Waals surface area contributed by atoms with Crippen molar-refractivity contribution < 1.29 is 96.7 Å². The van der Waals surface area contributed by atoms with E-state index in [2.05, 4.69) is 0 Å². The Bertz CT molecular complexity index is 482. The van der Waals surface area contributed by atoms with Crippen LogP contribution in [0.1, 0.15) is 11.1 Å². The van der Waals surface area contributed by atoms with Gasteiger partial charge in [-0.05, 0) is 22.9 Å². The summed E-state index contributed by atoms with van der Waals surface area (Å²) < 4.78 is 0. The van der Waals surface area contributed by atoms with Gasteiger partial charge in [-0.2, -0.15) is 0 Å². The number of rotatable bonds is 2. The first-order chi connectivity index (χ1) is 8.61. The number of nitrogens with one attached hydrogen (secondary N) is 2. The zero-order chi connectivity index (χ0) is 13.4. The van der Waals surface area contributed by atoms with E-state index in [4.69, 9.17) is 10.8 Å². The maximum absolute atomic E-state index is 10.3. The van der Waals surface area contributed by atoms with Crippen molar-refractivity contribution in [3.05, 3.63) is 71.8 Å². The van der Waals surface area contributed by atoms with E-state index in [9.17, 15) is 10.2 Å². The first-order valence-electron chi connectivity index (χ1n) is 5.23. The third kappa shape index (κ3) is 19.4. The van der Waals surface area contributed by atoms with Crippen LogP contribution in [0.4, 0.5) is 0 Å². The molecule has 0 aliphatic heterocycles. The SMILES string of the molecule is N=C([O-])c1ccccc1.N=C([O-])c1ccccc1.O.O.O.O.O.[Na+].[Na+]. The molecule has 0 aromatic heterocycles. The summed E-state index contributed by atoms with van der Waals surface area (Å²) in [6, 6.07) is 17.1. The molecule has 0 amide bonds. The minimum absolute atomic E-state index is 0. The molecule has 132 valence electrons. The fourth-order valence-corrected chi connectivity index (χ4v) is 1.18. The van der Waals surface area contributed by atoms with E-state index in [-0.39, 0.29) is 86.5 Å². The van der Waals surface area contributed by atoms with E-state index >= 15 is 0 Å². The minimum atomic E-state index is -0.629. The van der Waals surface area contributed by atoms with Crippen molar-refractivity contribution in [1.82, 2.24) is 0 Å². The quantitative estimate of drug-likeness (QED) is 0.294. The van der Waals surface area contributed by atoms with Crippen LogP contribution in [0.2, 0.25) is 0 Å². The van der Waals surface area contributed by atoms with Gasteiger partial charge in [-0.1, -0.05) is 60.7 Å². The van der Waals surface area contributed by atoms with Gasteiger partial charge in [0.15, 0.2) is 0 Å². The maximum Gasteiger partial charge on any atom is 1.00 e. The molecular formula is C14H22N2Na2O7. The summed E-state index contributed by atoms with van der Waals surface area (Å²) >= 11 is 0. The van der Waals surface area contributed by atoms with Gasteiger partial charge in [0.25, 0.3) is 0 Å². The van der Waals surface area contributed by atoms with Gasteiger partial charge in [-0.3, -0.25) is 0 Å². The normalized spacial score (nSPS) is 6.40. The van der Waals surface area contributed by atoms with Crippen LogP contribution in [-0.4, -0.2) is 39.2 Å². The first-order valence-corrected chi connectivity index (χ1v) is 5.23. The van der Waals surface area contributed by atoms with Crippen LogP contribution in [0, 0.1) is 10.8 Å². The van der Waals surface area contributed by atoms with Gasteiger partial charge in [-0.25, -0.2) is 0 Å². The van der Waals surface area contributed by atoms with Crippen LogP contribution in [0.3, 0.4) is 0 Å². The minimum Gasteiger partial charge on any atom is -0.859 e.